The molecule has 1 aliphatic rings. The van der Waals surface area contributed by atoms with Crippen LogP contribution in [0.15, 0.2) is 0 Å². The molecule has 0 bridgehead atoms. The van der Waals surface area contributed by atoms with Crippen molar-refractivity contribution in [2.45, 2.75) is 12.8 Å². The fraction of sp³-hybridized carbons (Fsp3) is 1.00. The first-order chi connectivity index (χ1) is 5.24. The smallest absolute Gasteiger partial charge is 0.0471 e. The van der Waals surface area contributed by atoms with Crippen LogP contribution in [0.1, 0.15) is 12.8 Å². The Labute approximate surface area is 68.6 Å². The van der Waals surface area contributed by atoms with Crippen LogP contribution in [-0.4, -0.2) is 37.9 Å². The molecule has 2 atom stereocenters. The zero-order chi connectivity index (χ0) is 8.27. The molecule has 4 nitrogen and oxygen atoms in total. The van der Waals surface area contributed by atoms with Crippen LogP contribution in [-0.2, 0) is 11.3 Å². The molecule has 0 spiro atoms. The first kappa shape index (κ1) is 9.12. The van der Waals surface area contributed by atoms with Crippen molar-refractivity contribution < 1.29 is 13.9 Å². The Morgan fingerprint density at radius 1 is 1.73 bits per heavy atom. The van der Waals surface area contributed by atoms with Gasteiger partial charge in [-0.25, -0.2) is 4.31 Å². The zero-order valence-corrected chi connectivity index (χ0v) is 7.05. The lowest BCUT2D eigenvalue weighted by Crippen LogP contribution is -2.37. The van der Waals surface area contributed by atoms with Crippen molar-refractivity contribution in [3.63, 3.8) is 0 Å². The summed E-state index contributed by atoms with van der Waals surface area (Å²) in [5.74, 6) is 0.140. The van der Waals surface area contributed by atoms with E-state index in [9.17, 15) is 8.76 Å². The summed E-state index contributed by atoms with van der Waals surface area (Å²) in [7, 11) is 0. The molecule has 0 aromatic heterocycles. The van der Waals surface area contributed by atoms with Gasteiger partial charge in [-0.3, -0.25) is 4.21 Å². The highest BCUT2D eigenvalue weighted by atomic mass is 32.2. The monoisotopic (exact) mass is 178 g/mol. The Kier molecular flexibility index (Phi) is 3.45. The molecular formula is C6H12NO3S-. The number of rotatable bonds is 2. The lowest BCUT2D eigenvalue weighted by atomic mass is 10.0. The lowest BCUT2D eigenvalue weighted by Gasteiger charge is -2.32. The maximum atomic E-state index is 10.5. The molecule has 0 aliphatic carbocycles. The second kappa shape index (κ2) is 4.15. The third-order valence-electron chi connectivity index (χ3n) is 1.95. The Bertz CT molecular complexity index is 153. The van der Waals surface area contributed by atoms with Crippen LogP contribution in [0.4, 0.5) is 0 Å². The van der Waals surface area contributed by atoms with Crippen LogP contribution in [0.5, 0.6) is 0 Å². The van der Waals surface area contributed by atoms with Gasteiger partial charge in [-0.1, -0.05) is 0 Å². The number of hydrogen-bond donors (Lipinski definition) is 1. The summed E-state index contributed by atoms with van der Waals surface area (Å²) < 4.78 is 22.3. The van der Waals surface area contributed by atoms with Gasteiger partial charge in [0.1, 0.15) is 0 Å². The molecule has 0 aromatic rings. The minimum absolute atomic E-state index is 0.0910. The van der Waals surface area contributed by atoms with Crippen molar-refractivity contribution >= 4 is 11.3 Å². The molecule has 0 amide bonds. The number of aliphatic hydroxyl groups is 1. The van der Waals surface area contributed by atoms with E-state index in [1.165, 1.54) is 4.31 Å². The molecule has 1 aliphatic heterocycles. The van der Waals surface area contributed by atoms with Crippen LogP contribution in [0, 0.1) is 5.92 Å². The second-order valence-corrected chi connectivity index (χ2v) is 3.75. The first-order valence-corrected chi connectivity index (χ1v) is 4.72. The predicted molar refractivity (Wildman–Crippen MR) is 40.3 cm³/mol. The first-order valence-electron chi connectivity index (χ1n) is 3.69. The molecular weight excluding hydrogens is 166 g/mol. The van der Waals surface area contributed by atoms with Crippen LogP contribution in [0.2, 0.25) is 0 Å². The zero-order valence-electron chi connectivity index (χ0n) is 6.23. The standard InChI is InChI=1S/C6H13NO3S/c8-5-6-2-1-3-7(4-6)11(9)10/h6,8H,1-5H2,(H,9,10)/p-1. The molecule has 1 N–H and O–H groups in total. The quantitative estimate of drug-likeness (QED) is 0.579. The molecule has 1 fully saturated rings. The molecule has 5 heteroatoms. The van der Waals surface area contributed by atoms with E-state index in [-0.39, 0.29) is 12.5 Å². The largest absolute Gasteiger partial charge is 0.760 e. The van der Waals surface area contributed by atoms with Crippen molar-refractivity contribution in [1.82, 2.24) is 4.31 Å². The average molecular weight is 178 g/mol. The molecule has 66 valence electrons. The Hall–Kier alpha value is 0.0300. The summed E-state index contributed by atoms with van der Waals surface area (Å²) in [5, 5.41) is 8.76. The van der Waals surface area contributed by atoms with E-state index >= 15 is 0 Å². The normalized spacial score (nSPS) is 30.2. The van der Waals surface area contributed by atoms with E-state index in [0.29, 0.717) is 13.1 Å². The van der Waals surface area contributed by atoms with E-state index in [4.69, 9.17) is 5.11 Å². The fourth-order valence-corrected chi connectivity index (χ4v) is 1.92. The van der Waals surface area contributed by atoms with Crippen LogP contribution >= 0.6 is 0 Å². The third kappa shape index (κ3) is 2.52. The van der Waals surface area contributed by atoms with Crippen molar-refractivity contribution in [2.75, 3.05) is 19.7 Å². The van der Waals surface area contributed by atoms with Crippen molar-refractivity contribution in [3.05, 3.63) is 0 Å². The SMILES string of the molecule is O=S([O-])N1CCCC(CO)C1. The van der Waals surface area contributed by atoms with Crippen molar-refractivity contribution in [3.8, 4) is 0 Å². The van der Waals surface area contributed by atoms with Gasteiger partial charge in [0.05, 0.1) is 0 Å². The summed E-state index contributed by atoms with van der Waals surface area (Å²) in [6.07, 6.45) is 1.80. The number of hydrogen-bond acceptors (Lipinski definition) is 3. The van der Waals surface area contributed by atoms with E-state index in [0.717, 1.165) is 12.8 Å². The van der Waals surface area contributed by atoms with Gasteiger partial charge in [0.2, 0.25) is 0 Å². The van der Waals surface area contributed by atoms with Gasteiger partial charge in [-0.2, -0.15) is 0 Å². The summed E-state index contributed by atoms with van der Waals surface area (Å²) >= 11 is -2.10. The van der Waals surface area contributed by atoms with Gasteiger partial charge >= 0.3 is 0 Å². The molecule has 0 saturated carbocycles. The van der Waals surface area contributed by atoms with E-state index in [2.05, 4.69) is 0 Å². The molecule has 1 heterocycles. The summed E-state index contributed by atoms with van der Waals surface area (Å²) in [6.45, 7) is 1.17. The fourth-order valence-electron chi connectivity index (χ4n) is 1.31. The molecule has 0 aromatic carbocycles. The molecule has 1 saturated heterocycles. The van der Waals surface area contributed by atoms with E-state index < -0.39 is 11.3 Å². The highest BCUT2D eigenvalue weighted by molar-refractivity contribution is 7.76. The third-order valence-corrected chi connectivity index (χ3v) is 2.70. The Morgan fingerprint density at radius 2 is 2.45 bits per heavy atom. The van der Waals surface area contributed by atoms with Gasteiger partial charge in [0.25, 0.3) is 0 Å². The molecule has 1 rings (SSSR count). The van der Waals surface area contributed by atoms with Gasteiger partial charge < -0.3 is 9.66 Å². The van der Waals surface area contributed by atoms with Gasteiger partial charge in [-0.15, -0.1) is 0 Å². The Balaban J connectivity index is 2.39. The average Bonchev–Trinajstić information content (AvgIpc) is 2.05. The van der Waals surface area contributed by atoms with E-state index in [1.54, 1.807) is 0 Å². The molecule has 0 radical (unpaired) electrons. The lowest BCUT2D eigenvalue weighted by molar-refractivity contribution is 0.164. The number of aliphatic hydroxyl groups excluding tert-OH is 1. The van der Waals surface area contributed by atoms with Gasteiger partial charge in [0, 0.05) is 31.0 Å². The number of nitrogens with zero attached hydrogens (tertiary/aromatic N) is 1. The maximum absolute atomic E-state index is 10.5. The van der Waals surface area contributed by atoms with Crippen LogP contribution < -0.4 is 0 Å². The summed E-state index contributed by atoms with van der Waals surface area (Å²) in [4.78, 5) is 0. The van der Waals surface area contributed by atoms with Gasteiger partial charge in [0.15, 0.2) is 0 Å². The number of piperidine rings is 1. The van der Waals surface area contributed by atoms with Crippen molar-refractivity contribution in [1.29, 1.82) is 0 Å². The van der Waals surface area contributed by atoms with Crippen LogP contribution in [0.25, 0.3) is 0 Å². The minimum Gasteiger partial charge on any atom is -0.760 e. The predicted octanol–water partition coefficient (Wildman–Crippen LogP) is -0.515. The summed E-state index contributed by atoms with van der Waals surface area (Å²) in [5.41, 5.74) is 0. The minimum atomic E-state index is -2.10. The highest BCUT2D eigenvalue weighted by Crippen LogP contribution is 2.15. The Morgan fingerprint density at radius 3 is 3.00 bits per heavy atom. The van der Waals surface area contributed by atoms with Crippen molar-refractivity contribution in [2.24, 2.45) is 5.92 Å². The molecule has 11 heavy (non-hydrogen) atoms. The topological polar surface area (TPSA) is 63.6 Å². The van der Waals surface area contributed by atoms with Gasteiger partial charge in [-0.05, 0) is 18.8 Å². The second-order valence-electron chi connectivity index (χ2n) is 2.80. The summed E-state index contributed by atoms with van der Waals surface area (Å²) in [6, 6.07) is 0. The highest BCUT2D eigenvalue weighted by Gasteiger charge is 2.18. The maximum Gasteiger partial charge on any atom is 0.0471 e. The molecule has 2 unspecified atom stereocenters. The van der Waals surface area contributed by atoms with Crippen LogP contribution in [0.3, 0.4) is 0 Å². The van der Waals surface area contributed by atoms with E-state index in [1.807, 2.05) is 0 Å².